The Hall–Kier alpha value is -0.640. The molecule has 2 rings (SSSR count). The Bertz CT molecular complexity index is 359. The van der Waals surface area contributed by atoms with E-state index in [1.165, 1.54) is 12.8 Å². The molecule has 0 N–H and O–H groups in total. The Morgan fingerprint density at radius 3 is 2.69 bits per heavy atom. The molecule has 0 atom stereocenters. The molecular weight excluding hydrogens is 266 g/mol. The summed E-state index contributed by atoms with van der Waals surface area (Å²) in [6.45, 7) is 6.29. The molecule has 0 unspecified atom stereocenters. The monoisotopic (exact) mass is 283 g/mol. The van der Waals surface area contributed by atoms with E-state index in [0.29, 0.717) is 4.83 Å². The lowest BCUT2D eigenvalue weighted by molar-refractivity contribution is 0.591. The normalized spacial score (nSPS) is 17.8. The van der Waals surface area contributed by atoms with Crippen LogP contribution in [0.1, 0.15) is 31.3 Å². The summed E-state index contributed by atoms with van der Waals surface area (Å²) in [6.07, 6.45) is 3.38. The molecule has 0 spiro atoms. The van der Waals surface area contributed by atoms with E-state index in [0.717, 1.165) is 36.8 Å². The molecule has 0 aliphatic carbocycles. The van der Waals surface area contributed by atoms with Crippen molar-refractivity contribution in [1.82, 2.24) is 9.97 Å². The van der Waals surface area contributed by atoms with Crippen molar-refractivity contribution in [2.45, 2.75) is 37.9 Å². The number of piperidine rings is 1. The number of hydrogen-bond donors (Lipinski definition) is 0. The van der Waals surface area contributed by atoms with Crippen LogP contribution in [-0.4, -0.2) is 27.9 Å². The van der Waals surface area contributed by atoms with Gasteiger partial charge in [0.25, 0.3) is 0 Å². The molecule has 16 heavy (non-hydrogen) atoms. The van der Waals surface area contributed by atoms with Crippen LogP contribution in [-0.2, 0) is 6.42 Å². The molecule has 0 aromatic carbocycles. The molecule has 0 radical (unpaired) electrons. The average Bonchev–Trinajstić information content (AvgIpc) is 2.29. The first-order chi connectivity index (χ1) is 7.69. The SMILES string of the molecule is CCc1cc(N2CCC(Br)CC2)nc(C)n1. The van der Waals surface area contributed by atoms with Crippen LogP contribution in [0.2, 0.25) is 0 Å². The Balaban J connectivity index is 2.16. The van der Waals surface area contributed by atoms with Gasteiger partial charge in [-0.3, -0.25) is 0 Å². The van der Waals surface area contributed by atoms with Crippen molar-refractivity contribution in [2.24, 2.45) is 0 Å². The fourth-order valence-electron chi connectivity index (χ4n) is 2.03. The quantitative estimate of drug-likeness (QED) is 0.782. The van der Waals surface area contributed by atoms with E-state index >= 15 is 0 Å². The van der Waals surface area contributed by atoms with Crippen molar-refractivity contribution in [3.8, 4) is 0 Å². The van der Waals surface area contributed by atoms with Crippen LogP contribution in [0.15, 0.2) is 6.07 Å². The Labute approximate surface area is 105 Å². The number of aryl methyl sites for hydroxylation is 2. The number of anilines is 1. The minimum Gasteiger partial charge on any atom is -0.356 e. The molecule has 0 amide bonds. The van der Waals surface area contributed by atoms with Gasteiger partial charge in [-0.25, -0.2) is 9.97 Å². The maximum Gasteiger partial charge on any atom is 0.132 e. The smallest absolute Gasteiger partial charge is 0.132 e. The first-order valence-corrected chi connectivity index (χ1v) is 6.84. The predicted octanol–water partition coefficient (Wildman–Crippen LogP) is 2.71. The van der Waals surface area contributed by atoms with Crippen LogP contribution in [0.4, 0.5) is 5.82 Å². The molecule has 1 saturated heterocycles. The minimum atomic E-state index is 0.678. The maximum absolute atomic E-state index is 4.53. The van der Waals surface area contributed by atoms with E-state index in [4.69, 9.17) is 0 Å². The molecule has 1 aliphatic heterocycles. The number of hydrogen-bond acceptors (Lipinski definition) is 3. The summed E-state index contributed by atoms with van der Waals surface area (Å²) in [7, 11) is 0. The molecule has 1 aliphatic rings. The van der Waals surface area contributed by atoms with Crippen molar-refractivity contribution in [2.75, 3.05) is 18.0 Å². The van der Waals surface area contributed by atoms with E-state index in [2.05, 4.69) is 43.8 Å². The largest absolute Gasteiger partial charge is 0.356 e. The summed E-state index contributed by atoms with van der Waals surface area (Å²) in [5, 5.41) is 0. The standard InChI is InChI=1S/C12H18BrN3/c1-3-11-8-12(15-9(2)14-11)16-6-4-10(13)5-7-16/h8,10H,3-7H2,1-2H3. The highest BCUT2D eigenvalue weighted by atomic mass is 79.9. The Kier molecular flexibility index (Phi) is 3.79. The summed E-state index contributed by atoms with van der Waals surface area (Å²) in [5.74, 6) is 1.99. The van der Waals surface area contributed by atoms with Gasteiger partial charge in [0.2, 0.25) is 0 Å². The fourth-order valence-corrected chi connectivity index (χ4v) is 2.44. The first kappa shape index (κ1) is 11.8. The highest BCUT2D eigenvalue weighted by molar-refractivity contribution is 9.09. The van der Waals surface area contributed by atoms with Crippen LogP contribution in [0.5, 0.6) is 0 Å². The van der Waals surface area contributed by atoms with Gasteiger partial charge in [0.15, 0.2) is 0 Å². The van der Waals surface area contributed by atoms with Crippen LogP contribution in [0, 0.1) is 6.92 Å². The summed E-state index contributed by atoms with van der Waals surface area (Å²) in [5.41, 5.74) is 1.14. The van der Waals surface area contributed by atoms with Crippen LogP contribution < -0.4 is 4.90 Å². The topological polar surface area (TPSA) is 29.0 Å². The molecule has 1 aromatic heterocycles. The molecule has 4 heteroatoms. The summed E-state index contributed by atoms with van der Waals surface area (Å²) in [6, 6.07) is 2.13. The van der Waals surface area contributed by atoms with Crippen LogP contribution >= 0.6 is 15.9 Å². The summed E-state index contributed by atoms with van der Waals surface area (Å²) in [4.78, 5) is 12.0. The molecule has 0 saturated carbocycles. The van der Waals surface area contributed by atoms with Gasteiger partial charge < -0.3 is 4.90 Å². The van der Waals surface area contributed by atoms with Crippen molar-refractivity contribution < 1.29 is 0 Å². The highest BCUT2D eigenvalue weighted by Crippen LogP contribution is 2.22. The van der Waals surface area contributed by atoms with Crippen LogP contribution in [0.3, 0.4) is 0 Å². The van der Waals surface area contributed by atoms with Gasteiger partial charge in [-0.2, -0.15) is 0 Å². The molecule has 3 nitrogen and oxygen atoms in total. The zero-order valence-electron chi connectivity index (χ0n) is 9.91. The van der Waals surface area contributed by atoms with Gasteiger partial charge in [0, 0.05) is 29.7 Å². The summed E-state index contributed by atoms with van der Waals surface area (Å²) < 4.78 is 0. The summed E-state index contributed by atoms with van der Waals surface area (Å²) >= 11 is 3.67. The van der Waals surface area contributed by atoms with Crippen molar-refractivity contribution >= 4 is 21.7 Å². The highest BCUT2D eigenvalue weighted by Gasteiger charge is 2.18. The van der Waals surface area contributed by atoms with Crippen molar-refractivity contribution in [1.29, 1.82) is 0 Å². The third-order valence-corrected chi connectivity index (χ3v) is 3.90. The number of halogens is 1. The van der Waals surface area contributed by atoms with Gasteiger partial charge in [0.05, 0.1) is 0 Å². The van der Waals surface area contributed by atoms with E-state index in [9.17, 15) is 0 Å². The fraction of sp³-hybridized carbons (Fsp3) is 0.667. The minimum absolute atomic E-state index is 0.678. The number of rotatable bonds is 2. The van der Waals surface area contributed by atoms with E-state index in [1.54, 1.807) is 0 Å². The van der Waals surface area contributed by atoms with E-state index < -0.39 is 0 Å². The zero-order valence-corrected chi connectivity index (χ0v) is 11.5. The molecule has 1 fully saturated rings. The molecular formula is C12H18BrN3. The van der Waals surface area contributed by atoms with Gasteiger partial charge in [0.1, 0.15) is 11.6 Å². The lowest BCUT2D eigenvalue weighted by Gasteiger charge is -2.30. The second-order valence-electron chi connectivity index (χ2n) is 4.28. The predicted molar refractivity (Wildman–Crippen MR) is 70.3 cm³/mol. The zero-order chi connectivity index (χ0) is 11.5. The van der Waals surface area contributed by atoms with Gasteiger partial charge in [-0.1, -0.05) is 22.9 Å². The number of alkyl halides is 1. The van der Waals surface area contributed by atoms with Gasteiger partial charge in [-0.15, -0.1) is 0 Å². The second-order valence-corrected chi connectivity index (χ2v) is 5.57. The number of aromatic nitrogens is 2. The molecule has 2 heterocycles. The number of nitrogens with zero attached hydrogens (tertiary/aromatic N) is 3. The Morgan fingerprint density at radius 1 is 1.38 bits per heavy atom. The van der Waals surface area contributed by atoms with E-state index in [-0.39, 0.29) is 0 Å². The lowest BCUT2D eigenvalue weighted by atomic mass is 10.1. The molecule has 1 aromatic rings. The Morgan fingerprint density at radius 2 is 2.06 bits per heavy atom. The van der Waals surface area contributed by atoms with Crippen molar-refractivity contribution in [3.63, 3.8) is 0 Å². The molecule has 88 valence electrons. The second kappa shape index (κ2) is 5.13. The third-order valence-electron chi connectivity index (χ3n) is 2.99. The molecule has 0 bridgehead atoms. The third kappa shape index (κ3) is 2.73. The lowest BCUT2D eigenvalue weighted by Crippen LogP contribution is -2.34. The average molecular weight is 284 g/mol. The van der Waals surface area contributed by atoms with Crippen LogP contribution in [0.25, 0.3) is 0 Å². The van der Waals surface area contributed by atoms with E-state index in [1.807, 2.05) is 6.92 Å². The maximum atomic E-state index is 4.53. The van der Waals surface area contributed by atoms with Crippen molar-refractivity contribution in [3.05, 3.63) is 17.6 Å². The first-order valence-electron chi connectivity index (χ1n) is 5.92. The van der Waals surface area contributed by atoms with Gasteiger partial charge >= 0.3 is 0 Å². The van der Waals surface area contributed by atoms with Gasteiger partial charge in [-0.05, 0) is 26.2 Å².